The molecular weight excluding hydrogens is 364 g/mol. The summed E-state index contributed by atoms with van der Waals surface area (Å²) in [4.78, 5) is 12.9. The third kappa shape index (κ3) is 3.74. The second-order valence-electron chi connectivity index (χ2n) is 6.93. The fraction of sp³-hybridized carbons (Fsp3) is 0.160. The minimum Gasteiger partial charge on any atom is -0.507 e. The summed E-state index contributed by atoms with van der Waals surface area (Å²) >= 11 is 0. The van der Waals surface area contributed by atoms with Gasteiger partial charge in [-0.05, 0) is 29.7 Å². The molecule has 0 saturated heterocycles. The van der Waals surface area contributed by atoms with E-state index in [1.807, 2.05) is 67.6 Å². The lowest BCUT2D eigenvalue weighted by molar-refractivity contribution is 0.303. The second-order valence-corrected chi connectivity index (χ2v) is 6.93. The molecule has 1 aromatic heterocycles. The van der Waals surface area contributed by atoms with Gasteiger partial charge < -0.3 is 14.3 Å². The van der Waals surface area contributed by atoms with Gasteiger partial charge >= 0.3 is 5.63 Å². The summed E-state index contributed by atoms with van der Waals surface area (Å²) in [7, 11) is 0. The molecule has 4 aromatic rings. The van der Waals surface area contributed by atoms with Gasteiger partial charge in [-0.3, -0.25) is 0 Å². The molecule has 0 bridgehead atoms. The first-order valence-corrected chi connectivity index (χ1v) is 9.69. The highest BCUT2D eigenvalue weighted by atomic mass is 16.5. The van der Waals surface area contributed by atoms with Crippen LogP contribution < -0.4 is 10.4 Å². The van der Waals surface area contributed by atoms with E-state index in [9.17, 15) is 9.90 Å². The predicted molar refractivity (Wildman–Crippen MR) is 113 cm³/mol. The highest BCUT2D eigenvalue weighted by Crippen LogP contribution is 2.38. The normalized spacial score (nSPS) is 12.0. The van der Waals surface area contributed by atoms with Crippen molar-refractivity contribution in [2.75, 3.05) is 0 Å². The summed E-state index contributed by atoms with van der Waals surface area (Å²) in [5, 5.41) is 11.5. The fourth-order valence-electron chi connectivity index (χ4n) is 3.65. The van der Waals surface area contributed by atoms with Gasteiger partial charge in [0.2, 0.25) is 0 Å². The zero-order valence-corrected chi connectivity index (χ0v) is 16.2. The van der Waals surface area contributed by atoms with E-state index < -0.39 is 5.63 Å². The van der Waals surface area contributed by atoms with Gasteiger partial charge in [0, 0.05) is 5.92 Å². The van der Waals surface area contributed by atoms with Crippen LogP contribution in [0.3, 0.4) is 0 Å². The number of hydrogen-bond donors (Lipinski definition) is 1. The minimum absolute atomic E-state index is 0.0443. The Balaban J connectivity index is 1.77. The van der Waals surface area contributed by atoms with Gasteiger partial charge in [0.15, 0.2) is 11.3 Å². The van der Waals surface area contributed by atoms with Crippen LogP contribution >= 0.6 is 0 Å². The Hall–Kier alpha value is -3.53. The molecular formula is C25H22O4. The van der Waals surface area contributed by atoms with Gasteiger partial charge in [-0.2, -0.15) is 0 Å². The Morgan fingerprint density at radius 3 is 2.31 bits per heavy atom. The molecule has 4 rings (SSSR count). The molecule has 29 heavy (non-hydrogen) atoms. The molecule has 0 aliphatic rings. The Labute approximate surface area is 169 Å². The quantitative estimate of drug-likeness (QED) is 0.437. The van der Waals surface area contributed by atoms with Crippen LogP contribution in [0.1, 0.15) is 36.0 Å². The van der Waals surface area contributed by atoms with Crippen LogP contribution in [-0.4, -0.2) is 5.11 Å². The van der Waals surface area contributed by atoms with Crippen LogP contribution in [0.4, 0.5) is 0 Å². The summed E-state index contributed by atoms with van der Waals surface area (Å²) in [5.74, 6) is 0.140. The largest absolute Gasteiger partial charge is 0.507 e. The first-order chi connectivity index (χ1) is 14.2. The van der Waals surface area contributed by atoms with E-state index in [4.69, 9.17) is 9.15 Å². The maximum absolute atomic E-state index is 12.9. The van der Waals surface area contributed by atoms with Crippen LogP contribution in [0, 0.1) is 0 Å². The zero-order chi connectivity index (χ0) is 20.2. The predicted octanol–water partition coefficient (Wildman–Crippen LogP) is 5.62. The Morgan fingerprint density at radius 1 is 0.931 bits per heavy atom. The van der Waals surface area contributed by atoms with Crippen LogP contribution in [0.15, 0.2) is 88.1 Å². The molecule has 3 aromatic carbocycles. The van der Waals surface area contributed by atoms with Crippen LogP contribution in [-0.2, 0) is 6.61 Å². The lowest BCUT2D eigenvalue weighted by Crippen LogP contribution is -2.14. The number of aromatic hydroxyl groups is 1. The maximum atomic E-state index is 12.9. The summed E-state index contributed by atoms with van der Waals surface area (Å²) in [6.45, 7) is 2.33. The molecule has 0 radical (unpaired) electrons. The summed E-state index contributed by atoms with van der Waals surface area (Å²) in [6, 6.07) is 24.7. The molecule has 1 heterocycles. The average Bonchev–Trinajstić information content (AvgIpc) is 2.76. The molecule has 0 aliphatic heterocycles. The molecule has 0 saturated carbocycles. The standard InChI is InChI=1S/C25H22O4/c1-2-19(18-12-7-4-8-13-18)22-23(26)20-14-9-15-21(24(20)29-25(22)27)28-16-17-10-5-3-6-11-17/h3-15,19,26H,2,16H2,1H3. The van der Waals surface area contributed by atoms with Crippen molar-refractivity contribution in [3.8, 4) is 11.5 Å². The highest BCUT2D eigenvalue weighted by molar-refractivity contribution is 5.88. The zero-order valence-electron chi connectivity index (χ0n) is 16.2. The summed E-state index contributed by atoms with van der Waals surface area (Å²) in [6.07, 6.45) is 0.665. The van der Waals surface area contributed by atoms with Crippen LogP contribution in [0.25, 0.3) is 11.0 Å². The number of benzene rings is 3. The molecule has 0 spiro atoms. The van der Waals surface area contributed by atoms with Crippen LogP contribution in [0.2, 0.25) is 0 Å². The topological polar surface area (TPSA) is 59.7 Å². The molecule has 1 N–H and O–H groups in total. The van der Waals surface area contributed by atoms with Crippen LogP contribution in [0.5, 0.6) is 11.5 Å². The van der Waals surface area contributed by atoms with Crippen molar-refractivity contribution in [3.63, 3.8) is 0 Å². The number of hydrogen-bond acceptors (Lipinski definition) is 4. The Bertz CT molecular complexity index is 1160. The molecule has 1 atom stereocenters. The molecule has 4 heteroatoms. The van der Waals surface area contributed by atoms with Crippen molar-refractivity contribution >= 4 is 11.0 Å². The molecule has 0 aliphatic carbocycles. The van der Waals surface area contributed by atoms with Crippen molar-refractivity contribution < 1.29 is 14.3 Å². The van der Waals surface area contributed by atoms with Crippen molar-refractivity contribution in [3.05, 3.63) is 106 Å². The van der Waals surface area contributed by atoms with E-state index in [1.165, 1.54) is 0 Å². The van der Waals surface area contributed by atoms with Gasteiger partial charge in [-0.1, -0.05) is 73.7 Å². The molecule has 4 nitrogen and oxygen atoms in total. The molecule has 0 fully saturated rings. The summed E-state index contributed by atoms with van der Waals surface area (Å²) < 4.78 is 11.5. The van der Waals surface area contributed by atoms with E-state index in [0.29, 0.717) is 24.2 Å². The number of fused-ring (bicyclic) bond motifs is 1. The smallest absolute Gasteiger partial charge is 0.343 e. The number of ether oxygens (including phenoxy) is 1. The third-order valence-electron chi connectivity index (χ3n) is 5.10. The van der Waals surface area contributed by atoms with E-state index >= 15 is 0 Å². The Morgan fingerprint density at radius 2 is 1.62 bits per heavy atom. The maximum Gasteiger partial charge on any atom is 0.343 e. The highest BCUT2D eigenvalue weighted by Gasteiger charge is 2.24. The average molecular weight is 386 g/mol. The lowest BCUT2D eigenvalue weighted by atomic mass is 9.89. The molecule has 0 amide bonds. The van der Waals surface area contributed by atoms with E-state index in [1.54, 1.807) is 18.2 Å². The van der Waals surface area contributed by atoms with Gasteiger partial charge in [-0.15, -0.1) is 0 Å². The van der Waals surface area contributed by atoms with E-state index in [0.717, 1.165) is 11.1 Å². The van der Waals surface area contributed by atoms with Gasteiger partial charge in [0.1, 0.15) is 12.4 Å². The number of para-hydroxylation sites is 1. The SMILES string of the molecule is CCC(c1ccccc1)c1c(O)c2cccc(OCc3ccccc3)c2oc1=O. The second kappa shape index (κ2) is 8.23. The van der Waals surface area contributed by atoms with E-state index in [2.05, 4.69) is 0 Å². The first kappa shape index (κ1) is 18.8. The number of rotatable bonds is 6. The third-order valence-corrected chi connectivity index (χ3v) is 5.10. The van der Waals surface area contributed by atoms with Gasteiger partial charge in [0.25, 0.3) is 0 Å². The molecule has 146 valence electrons. The fourth-order valence-corrected chi connectivity index (χ4v) is 3.65. The summed E-state index contributed by atoms with van der Waals surface area (Å²) in [5.41, 5.74) is 1.97. The van der Waals surface area contributed by atoms with Crippen molar-refractivity contribution in [2.24, 2.45) is 0 Å². The Kier molecular flexibility index (Phi) is 5.34. The first-order valence-electron chi connectivity index (χ1n) is 9.69. The minimum atomic E-state index is -0.540. The molecule has 1 unspecified atom stereocenters. The van der Waals surface area contributed by atoms with Crippen molar-refractivity contribution in [1.82, 2.24) is 0 Å². The van der Waals surface area contributed by atoms with Crippen molar-refractivity contribution in [1.29, 1.82) is 0 Å². The van der Waals surface area contributed by atoms with Gasteiger partial charge in [0.05, 0.1) is 10.9 Å². The lowest BCUT2D eigenvalue weighted by Gasteiger charge is -2.17. The van der Waals surface area contributed by atoms with E-state index in [-0.39, 0.29) is 22.8 Å². The monoisotopic (exact) mass is 386 g/mol. The van der Waals surface area contributed by atoms with Crippen molar-refractivity contribution in [2.45, 2.75) is 25.9 Å². The van der Waals surface area contributed by atoms with Gasteiger partial charge in [-0.25, -0.2) is 4.79 Å².